The standard InChI is InChI=1S/C11H8F2N/c1-14-4-2-3-11(14)8-5-9(12)7-10(13)6-8/h2-3,5-7H,1H3. The smallest absolute Gasteiger partial charge is 0.126 e. The van der Waals surface area contributed by atoms with Crippen LogP contribution in [0.1, 0.15) is 0 Å². The maximum atomic E-state index is 12.9. The Kier molecular flexibility index (Phi) is 2.08. The van der Waals surface area contributed by atoms with Crippen LogP contribution in [0.3, 0.4) is 0 Å². The molecule has 71 valence electrons. The molecule has 0 spiro atoms. The lowest BCUT2D eigenvalue weighted by Crippen LogP contribution is -1.91. The van der Waals surface area contributed by atoms with Crippen LogP contribution in [-0.2, 0) is 7.05 Å². The lowest BCUT2D eigenvalue weighted by atomic mass is 10.1. The first kappa shape index (κ1) is 8.94. The monoisotopic (exact) mass is 192 g/mol. The van der Waals surface area contributed by atoms with Gasteiger partial charge in [-0.3, -0.25) is 0 Å². The zero-order valence-electron chi connectivity index (χ0n) is 7.59. The van der Waals surface area contributed by atoms with Crippen molar-refractivity contribution in [1.82, 2.24) is 4.57 Å². The highest BCUT2D eigenvalue weighted by molar-refractivity contribution is 5.59. The van der Waals surface area contributed by atoms with Crippen LogP contribution >= 0.6 is 0 Å². The van der Waals surface area contributed by atoms with Gasteiger partial charge in [0.2, 0.25) is 0 Å². The predicted molar refractivity (Wildman–Crippen MR) is 49.6 cm³/mol. The highest BCUT2D eigenvalue weighted by Crippen LogP contribution is 2.21. The molecule has 0 aliphatic carbocycles. The van der Waals surface area contributed by atoms with Crippen LogP contribution in [0.4, 0.5) is 8.78 Å². The highest BCUT2D eigenvalue weighted by Gasteiger charge is 2.05. The van der Waals surface area contributed by atoms with Crippen LogP contribution in [0.25, 0.3) is 11.3 Å². The number of aromatic nitrogens is 1. The summed E-state index contributed by atoms with van der Waals surface area (Å²) < 4.78 is 27.5. The summed E-state index contributed by atoms with van der Waals surface area (Å²) >= 11 is 0. The summed E-state index contributed by atoms with van der Waals surface area (Å²) in [7, 11) is 1.78. The number of hydrogen-bond donors (Lipinski definition) is 0. The minimum Gasteiger partial charge on any atom is -0.342 e. The van der Waals surface area contributed by atoms with Gasteiger partial charge in [0.1, 0.15) is 11.6 Å². The van der Waals surface area contributed by atoms with Crippen molar-refractivity contribution >= 4 is 0 Å². The first-order chi connectivity index (χ1) is 6.66. The zero-order chi connectivity index (χ0) is 10.1. The average molecular weight is 192 g/mol. The molecular formula is C11H8F2N. The van der Waals surface area contributed by atoms with Crippen molar-refractivity contribution in [2.24, 2.45) is 7.05 Å². The highest BCUT2D eigenvalue weighted by atomic mass is 19.1. The lowest BCUT2D eigenvalue weighted by molar-refractivity contribution is 0.584. The summed E-state index contributed by atoms with van der Waals surface area (Å²) in [5.74, 6) is -1.14. The van der Waals surface area contributed by atoms with E-state index in [1.807, 2.05) is 0 Å². The fourth-order valence-electron chi connectivity index (χ4n) is 1.40. The summed E-state index contributed by atoms with van der Waals surface area (Å²) in [5.41, 5.74) is 1.26. The fourth-order valence-corrected chi connectivity index (χ4v) is 1.40. The van der Waals surface area contributed by atoms with Gasteiger partial charge < -0.3 is 4.57 Å². The number of aryl methyl sites for hydroxylation is 1. The largest absolute Gasteiger partial charge is 0.342 e. The Morgan fingerprint density at radius 1 is 1.14 bits per heavy atom. The molecule has 0 aliphatic rings. The second-order valence-corrected chi connectivity index (χ2v) is 3.06. The van der Waals surface area contributed by atoms with E-state index in [4.69, 9.17) is 0 Å². The van der Waals surface area contributed by atoms with Gasteiger partial charge in [-0.2, -0.15) is 0 Å². The number of hydrogen-bond acceptors (Lipinski definition) is 0. The Bertz CT molecular complexity index is 440. The normalized spacial score (nSPS) is 10.5. The van der Waals surface area contributed by atoms with Crippen molar-refractivity contribution in [2.45, 2.75) is 0 Å². The van der Waals surface area contributed by atoms with Crippen molar-refractivity contribution in [1.29, 1.82) is 0 Å². The van der Waals surface area contributed by atoms with Gasteiger partial charge >= 0.3 is 0 Å². The molecule has 2 rings (SSSR count). The molecule has 0 unspecified atom stereocenters. The second kappa shape index (κ2) is 3.25. The van der Waals surface area contributed by atoms with Crippen molar-refractivity contribution in [2.75, 3.05) is 0 Å². The molecule has 1 nitrogen and oxygen atoms in total. The van der Waals surface area contributed by atoms with Crippen LogP contribution in [0, 0.1) is 17.8 Å². The number of halogens is 2. The van der Waals surface area contributed by atoms with Crippen LogP contribution in [0.15, 0.2) is 30.3 Å². The van der Waals surface area contributed by atoms with Crippen LogP contribution in [-0.4, -0.2) is 4.57 Å². The van der Waals surface area contributed by atoms with Gasteiger partial charge in [0.15, 0.2) is 0 Å². The molecule has 1 aromatic carbocycles. The topological polar surface area (TPSA) is 4.93 Å². The van der Waals surface area contributed by atoms with E-state index in [1.165, 1.54) is 12.1 Å². The molecule has 1 heterocycles. The van der Waals surface area contributed by atoms with Crippen LogP contribution < -0.4 is 0 Å². The van der Waals surface area contributed by atoms with E-state index >= 15 is 0 Å². The Balaban J connectivity index is 2.57. The van der Waals surface area contributed by atoms with Crippen LogP contribution in [0.2, 0.25) is 0 Å². The zero-order valence-corrected chi connectivity index (χ0v) is 7.59. The summed E-state index contributed by atoms with van der Waals surface area (Å²) in [4.78, 5) is 0. The molecule has 0 saturated heterocycles. The van der Waals surface area contributed by atoms with E-state index in [2.05, 4.69) is 6.20 Å². The molecule has 0 fully saturated rings. The lowest BCUT2D eigenvalue weighted by Gasteiger charge is -2.03. The molecular weight excluding hydrogens is 184 g/mol. The van der Waals surface area contributed by atoms with Gasteiger partial charge in [-0.05, 0) is 24.3 Å². The maximum Gasteiger partial charge on any atom is 0.126 e. The molecule has 14 heavy (non-hydrogen) atoms. The van der Waals surface area contributed by atoms with Gasteiger partial charge in [0.25, 0.3) is 0 Å². The van der Waals surface area contributed by atoms with Gasteiger partial charge in [0, 0.05) is 24.4 Å². The third-order valence-corrected chi connectivity index (χ3v) is 2.03. The Hall–Kier alpha value is -1.64. The van der Waals surface area contributed by atoms with Gasteiger partial charge in [-0.1, -0.05) is 0 Å². The second-order valence-electron chi connectivity index (χ2n) is 3.06. The number of nitrogens with zero attached hydrogens (tertiary/aromatic N) is 1. The average Bonchev–Trinajstić information content (AvgIpc) is 2.49. The van der Waals surface area contributed by atoms with E-state index in [-0.39, 0.29) is 0 Å². The molecule has 0 saturated carbocycles. The van der Waals surface area contributed by atoms with Gasteiger partial charge in [-0.25, -0.2) is 8.78 Å². The van der Waals surface area contributed by atoms with Crippen molar-refractivity contribution in [3.05, 3.63) is 48.2 Å². The molecule has 1 aromatic heterocycles. The minimum absolute atomic E-state index is 0.520. The van der Waals surface area contributed by atoms with E-state index in [0.29, 0.717) is 5.56 Å². The quantitative estimate of drug-likeness (QED) is 0.654. The third kappa shape index (κ3) is 1.53. The summed E-state index contributed by atoms with van der Waals surface area (Å²) in [6.45, 7) is 0. The molecule has 0 bridgehead atoms. The van der Waals surface area contributed by atoms with E-state index in [9.17, 15) is 8.78 Å². The first-order valence-electron chi connectivity index (χ1n) is 4.17. The molecule has 3 heteroatoms. The van der Waals surface area contributed by atoms with E-state index in [1.54, 1.807) is 23.7 Å². The molecule has 0 amide bonds. The van der Waals surface area contributed by atoms with E-state index < -0.39 is 11.6 Å². The fraction of sp³-hybridized carbons (Fsp3) is 0.0909. The number of rotatable bonds is 1. The first-order valence-corrected chi connectivity index (χ1v) is 4.17. The molecule has 0 aliphatic heterocycles. The Morgan fingerprint density at radius 2 is 1.79 bits per heavy atom. The van der Waals surface area contributed by atoms with Crippen molar-refractivity contribution in [3.8, 4) is 11.3 Å². The molecule has 1 radical (unpaired) electrons. The van der Waals surface area contributed by atoms with Gasteiger partial charge in [-0.15, -0.1) is 0 Å². The van der Waals surface area contributed by atoms with Crippen molar-refractivity contribution in [3.63, 3.8) is 0 Å². The Morgan fingerprint density at radius 3 is 2.29 bits per heavy atom. The SMILES string of the molecule is Cn1[c]ccc1-c1cc(F)cc(F)c1. The maximum absolute atomic E-state index is 12.9. The van der Waals surface area contributed by atoms with E-state index in [0.717, 1.165) is 11.8 Å². The van der Waals surface area contributed by atoms with Gasteiger partial charge in [0.05, 0.1) is 6.20 Å². The summed E-state index contributed by atoms with van der Waals surface area (Å²) in [5, 5.41) is 0. The summed E-state index contributed by atoms with van der Waals surface area (Å²) in [6, 6.07) is 6.92. The molecule has 2 aromatic rings. The van der Waals surface area contributed by atoms with Crippen LogP contribution in [0.5, 0.6) is 0 Å². The molecule has 0 atom stereocenters. The minimum atomic E-state index is -0.568. The summed E-state index contributed by atoms with van der Waals surface area (Å²) in [6.07, 6.45) is 2.88. The van der Waals surface area contributed by atoms with Crippen molar-refractivity contribution < 1.29 is 8.78 Å². The predicted octanol–water partition coefficient (Wildman–Crippen LogP) is 2.77. The Labute approximate surface area is 80.6 Å². The number of benzene rings is 1. The third-order valence-electron chi connectivity index (χ3n) is 2.03. The molecule has 0 N–H and O–H groups in total.